The molecule has 0 unspecified atom stereocenters. The summed E-state index contributed by atoms with van der Waals surface area (Å²) in [4.78, 5) is 0. The Bertz CT molecular complexity index is 693. The molecule has 0 fully saturated rings. The second-order valence-corrected chi connectivity index (χ2v) is 7.57. The van der Waals surface area contributed by atoms with Crippen molar-refractivity contribution in [3.63, 3.8) is 0 Å². The highest BCUT2D eigenvalue weighted by atomic mass is 14.1. The van der Waals surface area contributed by atoms with Crippen molar-refractivity contribution in [3.8, 4) is 0 Å². The molecule has 26 heavy (non-hydrogen) atoms. The lowest BCUT2D eigenvalue weighted by atomic mass is 9.92. The highest BCUT2D eigenvalue weighted by Crippen LogP contribution is 2.24. The molecule has 0 bridgehead atoms. The molecule has 0 heterocycles. The van der Waals surface area contributed by atoms with E-state index >= 15 is 0 Å². The number of rotatable bonds is 11. The highest BCUT2D eigenvalue weighted by Gasteiger charge is 2.07. The quantitative estimate of drug-likeness (QED) is 0.365. The highest BCUT2D eigenvalue weighted by molar-refractivity contribution is 5.64. The molecular weight excluding hydrogens is 312 g/mol. The van der Waals surface area contributed by atoms with Crippen LogP contribution in [0.1, 0.15) is 80.2 Å². The first-order chi connectivity index (χ1) is 12.7. The van der Waals surface area contributed by atoms with E-state index < -0.39 is 0 Å². The van der Waals surface area contributed by atoms with Gasteiger partial charge in [0.05, 0.1) is 0 Å². The van der Waals surface area contributed by atoms with Crippen LogP contribution >= 0.6 is 0 Å². The van der Waals surface area contributed by atoms with Gasteiger partial charge in [-0.3, -0.25) is 0 Å². The molecule has 0 atom stereocenters. The van der Waals surface area contributed by atoms with Crippen LogP contribution in [0.5, 0.6) is 0 Å². The van der Waals surface area contributed by atoms with Gasteiger partial charge in [-0.2, -0.15) is 0 Å². The molecule has 0 amide bonds. The minimum Gasteiger partial charge on any atom is -0.0952 e. The molecule has 140 valence electrons. The Kier molecular flexibility index (Phi) is 8.68. The Morgan fingerprint density at radius 2 is 1.50 bits per heavy atom. The topological polar surface area (TPSA) is 0 Å². The van der Waals surface area contributed by atoms with Crippen LogP contribution in [0.2, 0.25) is 0 Å². The molecule has 0 nitrogen and oxygen atoms in total. The summed E-state index contributed by atoms with van der Waals surface area (Å²) in [6, 6.07) is 15.9. The van der Waals surface area contributed by atoms with Gasteiger partial charge in [0.15, 0.2) is 0 Å². The number of benzene rings is 2. The fourth-order valence-corrected chi connectivity index (χ4v) is 3.65. The smallest absolute Gasteiger partial charge is 0.0228 e. The van der Waals surface area contributed by atoms with E-state index in [-0.39, 0.29) is 0 Å². The molecule has 0 saturated carbocycles. The third kappa shape index (κ3) is 6.16. The SMILES string of the molecule is C=C(CCCC)c1ccc(CCC)c(CCCCc2ccccc2C)c1. The van der Waals surface area contributed by atoms with Crippen LogP contribution in [0.25, 0.3) is 5.57 Å². The first-order valence-electron chi connectivity index (χ1n) is 10.5. The summed E-state index contributed by atoms with van der Waals surface area (Å²) in [5.41, 5.74) is 8.67. The van der Waals surface area contributed by atoms with Gasteiger partial charge in [0.2, 0.25) is 0 Å². The van der Waals surface area contributed by atoms with E-state index in [1.54, 1.807) is 5.56 Å². The van der Waals surface area contributed by atoms with Crippen molar-refractivity contribution in [1.29, 1.82) is 0 Å². The van der Waals surface area contributed by atoms with E-state index in [2.05, 4.69) is 69.8 Å². The summed E-state index contributed by atoms with van der Waals surface area (Å²) < 4.78 is 0. The standard InChI is InChI=1S/C26H36/c1-5-7-13-22(4)25-19-18-24(12-6-2)26(20-25)17-11-10-16-23-15-9-8-14-21(23)3/h8-9,14-15,18-20H,4-7,10-13,16-17H2,1-3H3. The zero-order valence-electron chi connectivity index (χ0n) is 17.1. The number of allylic oxidation sites excluding steroid dienone is 1. The summed E-state index contributed by atoms with van der Waals surface area (Å²) >= 11 is 0. The summed E-state index contributed by atoms with van der Waals surface area (Å²) in [6.07, 6.45) is 10.9. The van der Waals surface area contributed by atoms with Crippen molar-refractivity contribution >= 4 is 5.57 Å². The first-order valence-corrected chi connectivity index (χ1v) is 10.5. The Labute approximate surface area is 161 Å². The third-order valence-corrected chi connectivity index (χ3v) is 5.37. The summed E-state index contributed by atoms with van der Waals surface area (Å²) in [6.45, 7) is 11.1. The van der Waals surface area contributed by atoms with E-state index in [1.807, 2.05) is 0 Å². The molecule has 2 rings (SSSR count). The zero-order valence-corrected chi connectivity index (χ0v) is 17.1. The van der Waals surface area contributed by atoms with Crippen molar-refractivity contribution in [2.24, 2.45) is 0 Å². The fourth-order valence-electron chi connectivity index (χ4n) is 3.65. The molecule has 0 saturated heterocycles. The average molecular weight is 349 g/mol. The van der Waals surface area contributed by atoms with Crippen molar-refractivity contribution in [2.75, 3.05) is 0 Å². The monoisotopic (exact) mass is 348 g/mol. The molecule has 0 spiro atoms. The maximum atomic E-state index is 4.33. The van der Waals surface area contributed by atoms with Crippen LogP contribution in [0.15, 0.2) is 49.0 Å². The summed E-state index contributed by atoms with van der Waals surface area (Å²) in [5.74, 6) is 0. The molecule has 0 aliphatic carbocycles. The number of aryl methyl sites for hydroxylation is 4. The van der Waals surface area contributed by atoms with E-state index in [4.69, 9.17) is 0 Å². The maximum Gasteiger partial charge on any atom is -0.0228 e. The normalized spacial score (nSPS) is 10.9. The van der Waals surface area contributed by atoms with Gasteiger partial charge in [0.25, 0.3) is 0 Å². The van der Waals surface area contributed by atoms with Crippen LogP contribution in [0.3, 0.4) is 0 Å². The molecular formula is C26H36. The first kappa shape index (κ1) is 20.5. The lowest BCUT2D eigenvalue weighted by Crippen LogP contribution is -1.98. The molecule has 2 aromatic carbocycles. The van der Waals surface area contributed by atoms with Crippen LogP contribution < -0.4 is 0 Å². The Morgan fingerprint density at radius 3 is 2.19 bits per heavy atom. The third-order valence-electron chi connectivity index (χ3n) is 5.37. The van der Waals surface area contributed by atoms with E-state index in [1.165, 1.54) is 79.2 Å². The maximum absolute atomic E-state index is 4.33. The van der Waals surface area contributed by atoms with E-state index in [0.29, 0.717) is 0 Å². The van der Waals surface area contributed by atoms with Crippen LogP contribution in [-0.4, -0.2) is 0 Å². The minimum atomic E-state index is 1.12. The second-order valence-electron chi connectivity index (χ2n) is 7.57. The lowest BCUT2D eigenvalue weighted by Gasteiger charge is -2.13. The lowest BCUT2D eigenvalue weighted by molar-refractivity contribution is 0.725. The molecule has 0 aromatic heterocycles. The van der Waals surface area contributed by atoms with Crippen molar-refractivity contribution in [1.82, 2.24) is 0 Å². The van der Waals surface area contributed by atoms with Gasteiger partial charge >= 0.3 is 0 Å². The zero-order chi connectivity index (χ0) is 18.8. The van der Waals surface area contributed by atoms with Crippen LogP contribution in [-0.2, 0) is 19.3 Å². The van der Waals surface area contributed by atoms with Crippen molar-refractivity contribution < 1.29 is 0 Å². The molecule has 0 aliphatic heterocycles. The number of hydrogen-bond acceptors (Lipinski definition) is 0. The van der Waals surface area contributed by atoms with E-state index in [0.717, 1.165) is 6.42 Å². The summed E-state index contributed by atoms with van der Waals surface area (Å²) in [5, 5.41) is 0. The van der Waals surface area contributed by atoms with Crippen molar-refractivity contribution in [2.45, 2.75) is 78.6 Å². The van der Waals surface area contributed by atoms with Gasteiger partial charge in [-0.1, -0.05) is 75.7 Å². The predicted octanol–water partition coefficient (Wildman–Crippen LogP) is 7.72. The molecule has 0 aliphatic rings. The van der Waals surface area contributed by atoms with Crippen LogP contribution in [0.4, 0.5) is 0 Å². The number of unbranched alkanes of at least 4 members (excludes halogenated alkanes) is 2. The minimum absolute atomic E-state index is 1.12. The predicted molar refractivity (Wildman–Crippen MR) is 117 cm³/mol. The van der Waals surface area contributed by atoms with Crippen LogP contribution in [0, 0.1) is 6.92 Å². The van der Waals surface area contributed by atoms with Gasteiger partial charge in [-0.25, -0.2) is 0 Å². The second kappa shape index (κ2) is 11.0. The van der Waals surface area contributed by atoms with Gasteiger partial charge in [-0.15, -0.1) is 0 Å². The average Bonchev–Trinajstić information content (AvgIpc) is 2.65. The van der Waals surface area contributed by atoms with E-state index in [9.17, 15) is 0 Å². The van der Waals surface area contributed by atoms with Gasteiger partial charge in [-0.05, 0) is 85.3 Å². The van der Waals surface area contributed by atoms with Gasteiger partial charge in [0.1, 0.15) is 0 Å². The number of hydrogen-bond donors (Lipinski definition) is 0. The van der Waals surface area contributed by atoms with Crippen molar-refractivity contribution in [3.05, 3.63) is 76.9 Å². The fraction of sp³-hybridized carbons (Fsp3) is 0.462. The Hall–Kier alpha value is -1.82. The summed E-state index contributed by atoms with van der Waals surface area (Å²) in [7, 11) is 0. The molecule has 2 aromatic rings. The molecule has 0 N–H and O–H groups in total. The van der Waals surface area contributed by atoms with Gasteiger partial charge in [0, 0.05) is 0 Å². The molecule has 0 heteroatoms. The Morgan fingerprint density at radius 1 is 0.769 bits per heavy atom. The Balaban J connectivity index is 1.98. The van der Waals surface area contributed by atoms with Gasteiger partial charge < -0.3 is 0 Å². The largest absolute Gasteiger partial charge is 0.0952 e. The molecule has 0 radical (unpaired) electrons.